The fourth-order valence-electron chi connectivity index (χ4n) is 2.99. The summed E-state index contributed by atoms with van der Waals surface area (Å²) in [6.07, 6.45) is 2.16. The molecule has 5 nitrogen and oxygen atoms in total. The van der Waals surface area contributed by atoms with Crippen LogP contribution in [-0.4, -0.2) is 26.9 Å². The van der Waals surface area contributed by atoms with Crippen molar-refractivity contribution in [2.75, 3.05) is 13.4 Å². The number of methoxy groups -OCH3 is 1. The molecule has 7 heteroatoms. The highest BCUT2D eigenvalue weighted by Gasteiger charge is 2.13. The first-order valence-electron chi connectivity index (χ1n) is 9.01. The number of aryl methyl sites for hydroxylation is 2. The van der Waals surface area contributed by atoms with Crippen molar-refractivity contribution >= 4 is 22.1 Å². The molecule has 0 unspecified atom stereocenters. The van der Waals surface area contributed by atoms with Gasteiger partial charge in [0.05, 0.1) is 11.6 Å². The smallest absolute Gasteiger partial charge is 0.172 e. The zero-order valence-corrected chi connectivity index (χ0v) is 17.8. The first kappa shape index (κ1) is 21.1. The predicted molar refractivity (Wildman–Crippen MR) is 116 cm³/mol. The van der Waals surface area contributed by atoms with E-state index in [9.17, 15) is 13.5 Å². The zero-order chi connectivity index (χ0) is 21.0. The summed E-state index contributed by atoms with van der Waals surface area (Å²) in [5, 5.41) is 10.2. The Balaban J connectivity index is 1.73. The second kappa shape index (κ2) is 8.80. The lowest BCUT2D eigenvalue weighted by Crippen LogP contribution is -2.02. The quantitative estimate of drug-likeness (QED) is 0.547. The number of aromatic hydroxyl groups is 1. The molecule has 152 valence electrons. The predicted octanol–water partition coefficient (Wildman–Crippen LogP) is 4.72. The molecule has 0 atom stereocenters. The van der Waals surface area contributed by atoms with Gasteiger partial charge in [-0.3, -0.25) is 0 Å². The maximum atomic E-state index is 11.5. The summed E-state index contributed by atoms with van der Waals surface area (Å²) < 4.78 is 34.0. The van der Waals surface area contributed by atoms with Gasteiger partial charge in [-0.05, 0) is 41.3 Å². The van der Waals surface area contributed by atoms with Crippen molar-refractivity contribution in [3.05, 3.63) is 76.2 Å². The van der Waals surface area contributed by atoms with Gasteiger partial charge in [-0.15, -0.1) is 0 Å². The molecule has 3 rings (SSSR count). The van der Waals surface area contributed by atoms with Crippen LogP contribution in [0.2, 0.25) is 0 Å². The van der Waals surface area contributed by atoms with Crippen LogP contribution in [0.5, 0.6) is 11.5 Å². The minimum atomic E-state index is -3.26. The molecule has 1 N–H and O–H groups in total. The van der Waals surface area contributed by atoms with E-state index in [0.717, 1.165) is 28.7 Å². The summed E-state index contributed by atoms with van der Waals surface area (Å²) in [5.41, 5.74) is 3.25. The van der Waals surface area contributed by atoms with Crippen LogP contribution in [0.3, 0.4) is 0 Å². The molecule has 29 heavy (non-hydrogen) atoms. The van der Waals surface area contributed by atoms with Crippen LogP contribution >= 0.6 is 12.2 Å². The van der Waals surface area contributed by atoms with E-state index in [0.29, 0.717) is 18.6 Å². The third-order valence-electron chi connectivity index (χ3n) is 4.47. The zero-order valence-electron chi connectivity index (χ0n) is 16.2. The van der Waals surface area contributed by atoms with Crippen LogP contribution in [0, 0.1) is 4.51 Å². The van der Waals surface area contributed by atoms with E-state index in [-0.39, 0.29) is 21.8 Å². The van der Waals surface area contributed by atoms with Crippen molar-refractivity contribution in [1.29, 1.82) is 0 Å². The van der Waals surface area contributed by atoms with E-state index in [1.54, 1.807) is 7.11 Å². The normalized spacial score (nSPS) is 11.4. The third-order valence-corrected chi connectivity index (χ3v) is 5.59. The van der Waals surface area contributed by atoms with Crippen LogP contribution in [-0.2, 0) is 28.4 Å². The number of rotatable bonds is 7. The highest BCUT2D eigenvalue weighted by molar-refractivity contribution is 7.89. The van der Waals surface area contributed by atoms with Gasteiger partial charge in [-0.25, -0.2) is 8.42 Å². The summed E-state index contributed by atoms with van der Waals surface area (Å²) in [5.74, 6) is 0.997. The summed E-state index contributed by atoms with van der Waals surface area (Å²) >= 11 is 5.12. The first-order chi connectivity index (χ1) is 13.7. The van der Waals surface area contributed by atoms with Gasteiger partial charge in [-0.2, -0.15) is 0 Å². The molecule has 0 spiro atoms. The molecule has 0 saturated carbocycles. The molecule has 0 aliphatic rings. The Kier molecular flexibility index (Phi) is 6.39. The van der Waals surface area contributed by atoms with Gasteiger partial charge in [-0.1, -0.05) is 48.6 Å². The molecule has 1 aromatic heterocycles. The van der Waals surface area contributed by atoms with Gasteiger partial charge in [0.2, 0.25) is 0 Å². The van der Waals surface area contributed by atoms with E-state index in [1.165, 1.54) is 6.07 Å². The monoisotopic (exact) mass is 430 g/mol. The highest BCUT2D eigenvalue weighted by atomic mass is 32.2. The minimum absolute atomic E-state index is 0.105. The lowest BCUT2D eigenvalue weighted by Gasteiger charge is -2.08. The first-order valence-corrected chi connectivity index (χ1v) is 11.5. The summed E-state index contributed by atoms with van der Waals surface area (Å²) in [6, 6.07) is 17.3. The van der Waals surface area contributed by atoms with Crippen molar-refractivity contribution in [2.24, 2.45) is 0 Å². The molecule has 1 heterocycles. The van der Waals surface area contributed by atoms with Gasteiger partial charge in [0.15, 0.2) is 15.6 Å². The molecule has 0 aliphatic heterocycles. The number of sulfone groups is 1. The van der Waals surface area contributed by atoms with Crippen molar-refractivity contribution in [3.63, 3.8) is 0 Å². The van der Waals surface area contributed by atoms with Crippen molar-refractivity contribution in [2.45, 2.75) is 18.6 Å². The molecular formula is C22H22O5S2. The molecule has 2 aromatic carbocycles. The lowest BCUT2D eigenvalue weighted by atomic mass is 10.0. The Morgan fingerprint density at radius 2 is 1.59 bits per heavy atom. The molecule has 0 bridgehead atoms. The van der Waals surface area contributed by atoms with Gasteiger partial charge < -0.3 is 14.3 Å². The number of ether oxygens (including phenoxy) is 1. The Morgan fingerprint density at radius 3 is 2.14 bits per heavy atom. The summed E-state index contributed by atoms with van der Waals surface area (Å²) in [6.45, 7) is 0. The Hall–Kier alpha value is -2.64. The van der Waals surface area contributed by atoms with Gasteiger partial charge in [0.1, 0.15) is 23.0 Å². The molecule has 0 aliphatic carbocycles. The second-order valence-corrected chi connectivity index (χ2v) is 9.42. The SMILES string of the molecule is COc1ccc(-c2ccc(CCc3oc(CS(C)(=O)=O)cc(=S)c3O)cc2)cc1. The highest BCUT2D eigenvalue weighted by Crippen LogP contribution is 2.26. The van der Waals surface area contributed by atoms with Gasteiger partial charge >= 0.3 is 0 Å². The molecular weight excluding hydrogens is 408 g/mol. The Bertz CT molecular complexity index is 1150. The number of hydrogen-bond donors (Lipinski definition) is 1. The van der Waals surface area contributed by atoms with Crippen LogP contribution < -0.4 is 4.74 Å². The Labute approximate surface area is 175 Å². The van der Waals surface area contributed by atoms with Gasteiger partial charge in [0.25, 0.3) is 0 Å². The van der Waals surface area contributed by atoms with Crippen LogP contribution in [0.4, 0.5) is 0 Å². The average molecular weight is 431 g/mol. The fraction of sp³-hybridized carbons (Fsp3) is 0.227. The Morgan fingerprint density at radius 1 is 1.00 bits per heavy atom. The molecule has 0 saturated heterocycles. The number of benzene rings is 2. The molecule has 0 fully saturated rings. The average Bonchev–Trinajstić information content (AvgIpc) is 2.69. The van der Waals surface area contributed by atoms with E-state index in [2.05, 4.69) is 0 Å². The molecule has 0 radical (unpaired) electrons. The maximum absolute atomic E-state index is 11.5. The van der Waals surface area contributed by atoms with Crippen molar-refractivity contribution < 1.29 is 22.7 Å². The van der Waals surface area contributed by atoms with Crippen LogP contribution in [0.25, 0.3) is 11.1 Å². The third kappa shape index (κ3) is 5.68. The summed E-state index contributed by atoms with van der Waals surface area (Å²) in [4.78, 5) is 0. The van der Waals surface area contributed by atoms with E-state index in [1.807, 2.05) is 48.5 Å². The van der Waals surface area contributed by atoms with Crippen molar-refractivity contribution in [3.8, 4) is 22.6 Å². The largest absolute Gasteiger partial charge is 0.503 e. The van der Waals surface area contributed by atoms with Crippen LogP contribution in [0.15, 0.2) is 59.0 Å². The van der Waals surface area contributed by atoms with E-state index in [4.69, 9.17) is 21.4 Å². The minimum Gasteiger partial charge on any atom is -0.503 e. The fourth-order valence-corrected chi connectivity index (χ4v) is 3.90. The molecule has 0 amide bonds. The van der Waals surface area contributed by atoms with E-state index >= 15 is 0 Å². The van der Waals surface area contributed by atoms with E-state index < -0.39 is 9.84 Å². The summed E-state index contributed by atoms with van der Waals surface area (Å²) in [7, 11) is -1.62. The standard InChI is InChI=1S/C22H22O5S2/c1-26-18-10-8-17(9-11-18)16-6-3-15(4-7-16)5-12-20-22(23)21(28)13-19(27-20)14-29(2,24)25/h3-4,6-11,13,23H,5,12,14H2,1-2H3. The maximum Gasteiger partial charge on any atom is 0.172 e. The lowest BCUT2D eigenvalue weighted by molar-refractivity contribution is 0.388. The topological polar surface area (TPSA) is 76.7 Å². The van der Waals surface area contributed by atoms with Crippen molar-refractivity contribution in [1.82, 2.24) is 0 Å². The van der Waals surface area contributed by atoms with Gasteiger partial charge in [0, 0.05) is 12.7 Å². The number of hydrogen-bond acceptors (Lipinski definition) is 6. The van der Waals surface area contributed by atoms with Crippen LogP contribution in [0.1, 0.15) is 17.1 Å². The molecule has 3 aromatic rings. The second-order valence-electron chi connectivity index (χ2n) is 6.84.